The number of hydrogen-bond donors (Lipinski definition) is 0. The molecule has 4 rings (SSSR count). The normalized spacial score (nSPS) is 15.8. The van der Waals surface area contributed by atoms with Gasteiger partial charge in [0.25, 0.3) is 0 Å². The molecule has 0 saturated carbocycles. The molecule has 5 heteroatoms. The Balaban J connectivity index is 1.25. The Hall–Kier alpha value is -2.50. The number of aryl methyl sites for hydroxylation is 2. The van der Waals surface area contributed by atoms with E-state index >= 15 is 0 Å². The lowest BCUT2D eigenvalue weighted by Crippen LogP contribution is -2.45. The standard InChI is InChI=1S/C23H29N5/c1-19-3-7-21(8-4-19)15-26-11-13-27(14-12-26)17-23-18-28(25-24-23)16-22-9-5-20(2)6-10-22/h3-10,18H,11-17H2,1-2H3. The molecule has 146 valence electrons. The lowest BCUT2D eigenvalue weighted by Gasteiger charge is -2.34. The average Bonchev–Trinajstić information content (AvgIpc) is 3.14. The molecule has 1 aliphatic heterocycles. The van der Waals surface area contributed by atoms with Crippen molar-refractivity contribution in [3.05, 3.63) is 82.7 Å². The fraction of sp³-hybridized carbons (Fsp3) is 0.391. The molecule has 0 spiro atoms. The molecule has 28 heavy (non-hydrogen) atoms. The van der Waals surface area contributed by atoms with Crippen molar-refractivity contribution >= 4 is 0 Å². The zero-order chi connectivity index (χ0) is 19.3. The first-order valence-corrected chi connectivity index (χ1v) is 10.1. The summed E-state index contributed by atoms with van der Waals surface area (Å²) in [7, 11) is 0. The van der Waals surface area contributed by atoms with Crippen molar-refractivity contribution in [2.75, 3.05) is 26.2 Å². The molecule has 5 nitrogen and oxygen atoms in total. The maximum atomic E-state index is 4.38. The molecule has 0 unspecified atom stereocenters. The van der Waals surface area contributed by atoms with Gasteiger partial charge in [0.05, 0.1) is 18.4 Å². The minimum absolute atomic E-state index is 0.775. The molecule has 1 saturated heterocycles. The van der Waals surface area contributed by atoms with Gasteiger partial charge in [-0.05, 0) is 25.0 Å². The van der Waals surface area contributed by atoms with Crippen LogP contribution in [0.1, 0.15) is 27.9 Å². The second kappa shape index (κ2) is 8.67. The molecule has 1 aromatic heterocycles. The average molecular weight is 376 g/mol. The van der Waals surface area contributed by atoms with Crippen LogP contribution in [0, 0.1) is 13.8 Å². The number of aromatic nitrogens is 3. The highest BCUT2D eigenvalue weighted by Crippen LogP contribution is 2.12. The van der Waals surface area contributed by atoms with Gasteiger partial charge in [0.1, 0.15) is 0 Å². The molecule has 0 aliphatic carbocycles. The van der Waals surface area contributed by atoms with Crippen LogP contribution < -0.4 is 0 Å². The van der Waals surface area contributed by atoms with E-state index in [-0.39, 0.29) is 0 Å². The minimum atomic E-state index is 0.775. The third kappa shape index (κ3) is 5.06. The van der Waals surface area contributed by atoms with E-state index < -0.39 is 0 Å². The first-order valence-electron chi connectivity index (χ1n) is 10.1. The predicted molar refractivity (Wildman–Crippen MR) is 112 cm³/mol. The van der Waals surface area contributed by atoms with Gasteiger partial charge in [0.15, 0.2) is 0 Å². The number of nitrogens with zero attached hydrogens (tertiary/aromatic N) is 5. The summed E-state index contributed by atoms with van der Waals surface area (Å²) in [6, 6.07) is 17.5. The van der Waals surface area contributed by atoms with E-state index in [0.29, 0.717) is 0 Å². The van der Waals surface area contributed by atoms with Crippen molar-refractivity contribution in [3.63, 3.8) is 0 Å². The highest BCUT2D eigenvalue weighted by Gasteiger charge is 2.18. The molecule has 0 amide bonds. The molecule has 0 N–H and O–H groups in total. The van der Waals surface area contributed by atoms with Crippen LogP contribution in [0.25, 0.3) is 0 Å². The van der Waals surface area contributed by atoms with Crippen molar-refractivity contribution in [2.45, 2.75) is 33.5 Å². The van der Waals surface area contributed by atoms with Gasteiger partial charge in [0, 0.05) is 39.3 Å². The summed E-state index contributed by atoms with van der Waals surface area (Å²) in [4.78, 5) is 5.02. The Morgan fingerprint density at radius 1 is 0.679 bits per heavy atom. The second-order valence-electron chi connectivity index (χ2n) is 7.93. The summed E-state index contributed by atoms with van der Waals surface area (Å²) >= 11 is 0. The van der Waals surface area contributed by atoms with Gasteiger partial charge in [0.2, 0.25) is 0 Å². The van der Waals surface area contributed by atoms with Crippen LogP contribution in [0.5, 0.6) is 0 Å². The molecule has 0 radical (unpaired) electrons. The molecule has 1 fully saturated rings. The first kappa shape index (κ1) is 18.8. The van der Waals surface area contributed by atoms with Crippen molar-refractivity contribution in [2.24, 2.45) is 0 Å². The smallest absolute Gasteiger partial charge is 0.0967 e. The second-order valence-corrected chi connectivity index (χ2v) is 7.93. The highest BCUT2D eigenvalue weighted by molar-refractivity contribution is 5.22. The molecule has 3 aromatic rings. The van der Waals surface area contributed by atoms with Gasteiger partial charge in [-0.1, -0.05) is 64.9 Å². The van der Waals surface area contributed by atoms with Gasteiger partial charge in [-0.2, -0.15) is 0 Å². The summed E-state index contributed by atoms with van der Waals surface area (Å²) in [5.74, 6) is 0. The summed E-state index contributed by atoms with van der Waals surface area (Å²) in [5.41, 5.74) is 6.32. The lowest BCUT2D eigenvalue weighted by molar-refractivity contribution is 0.121. The predicted octanol–water partition coefficient (Wildman–Crippen LogP) is 3.26. The Morgan fingerprint density at radius 3 is 1.75 bits per heavy atom. The molecule has 0 atom stereocenters. The fourth-order valence-electron chi connectivity index (χ4n) is 3.66. The summed E-state index contributed by atoms with van der Waals surface area (Å²) < 4.78 is 1.94. The number of benzene rings is 2. The monoisotopic (exact) mass is 375 g/mol. The van der Waals surface area contributed by atoms with Crippen LogP contribution >= 0.6 is 0 Å². The molecule has 1 aliphatic rings. The van der Waals surface area contributed by atoms with Crippen LogP contribution in [-0.2, 0) is 19.6 Å². The number of rotatable bonds is 6. The van der Waals surface area contributed by atoms with E-state index in [0.717, 1.165) is 51.5 Å². The highest BCUT2D eigenvalue weighted by atomic mass is 15.4. The minimum Gasteiger partial charge on any atom is -0.297 e. The maximum Gasteiger partial charge on any atom is 0.0967 e. The third-order valence-corrected chi connectivity index (χ3v) is 5.43. The van der Waals surface area contributed by atoms with Crippen LogP contribution in [0.4, 0.5) is 0 Å². The van der Waals surface area contributed by atoms with Crippen LogP contribution in [0.15, 0.2) is 54.7 Å². The van der Waals surface area contributed by atoms with Crippen LogP contribution in [0.3, 0.4) is 0 Å². The quantitative estimate of drug-likeness (QED) is 0.663. The van der Waals surface area contributed by atoms with E-state index in [4.69, 9.17) is 0 Å². The van der Waals surface area contributed by atoms with E-state index in [9.17, 15) is 0 Å². The zero-order valence-corrected chi connectivity index (χ0v) is 16.9. The first-order chi connectivity index (χ1) is 13.6. The SMILES string of the molecule is Cc1ccc(CN2CCN(Cc3cn(Cc4ccc(C)cc4)nn3)CC2)cc1. The Bertz CT molecular complexity index is 874. The van der Waals surface area contributed by atoms with E-state index in [1.54, 1.807) is 0 Å². The molecular weight excluding hydrogens is 346 g/mol. The van der Waals surface area contributed by atoms with Crippen molar-refractivity contribution < 1.29 is 0 Å². The van der Waals surface area contributed by atoms with Gasteiger partial charge in [-0.15, -0.1) is 5.10 Å². The number of hydrogen-bond acceptors (Lipinski definition) is 4. The van der Waals surface area contributed by atoms with Gasteiger partial charge in [-0.3, -0.25) is 9.80 Å². The molecular formula is C23H29N5. The van der Waals surface area contributed by atoms with Crippen molar-refractivity contribution in [1.82, 2.24) is 24.8 Å². The summed E-state index contributed by atoms with van der Waals surface area (Å²) in [5, 5.41) is 8.68. The largest absolute Gasteiger partial charge is 0.297 e. The Kier molecular flexibility index (Phi) is 5.84. The molecule has 0 bridgehead atoms. The fourth-order valence-corrected chi connectivity index (χ4v) is 3.66. The maximum absolute atomic E-state index is 4.38. The van der Waals surface area contributed by atoms with Gasteiger partial charge < -0.3 is 0 Å². The Labute approximate surface area is 167 Å². The lowest BCUT2D eigenvalue weighted by atomic mass is 10.1. The third-order valence-electron chi connectivity index (χ3n) is 5.43. The summed E-state index contributed by atoms with van der Waals surface area (Å²) in [6.45, 7) is 11.3. The molecule has 2 aromatic carbocycles. The van der Waals surface area contributed by atoms with Crippen molar-refractivity contribution in [3.8, 4) is 0 Å². The molecule has 2 heterocycles. The van der Waals surface area contributed by atoms with E-state index in [2.05, 4.69) is 88.7 Å². The van der Waals surface area contributed by atoms with E-state index in [1.165, 1.54) is 22.3 Å². The van der Waals surface area contributed by atoms with Crippen LogP contribution in [-0.4, -0.2) is 51.0 Å². The number of piperazine rings is 1. The van der Waals surface area contributed by atoms with Crippen molar-refractivity contribution in [1.29, 1.82) is 0 Å². The Morgan fingerprint density at radius 2 is 1.18 bits per heavy atom. The van der Waals surface area contributed by atoms with Gasteiger partial charge in [-0.25, -0.2) is 4.68 Å². The van der Waals surface area contributed by atoms with Gasteiger partial charge >= 0.3 is 0 Å². The van der Waals surface area contributed by atoms with E-state index in [1.807, 2.05) is 4.68 Å². The zero-order valence-electron chi connectivity index (χ0n) is 16.9. The topological polar surface area (TPSA) is 37.2 Å². The summed E-state index contributed by atoms with van der Waals surface area (Å²) in [6.07, 6.45) is 2.08. The van der Waals surface area contributed by atoms with Crippen LogP contribution in [0.2, 0.25) is 0 Å².